The number of ether oxygens (including phenoxy) is 1. The van der Waals surface area contributed by atoms with Crippen LogP contribution < -0.4 is 5.32 Å². The highest BCUT2D eigenvalue weighted by Crippen LogP contribution is 2.35. The third-order valence-corrected chi connectivity index (χ3v) is 4.76. The predicted molar refractivity (Wildman–Crippen MR) is 104 cm³/mol. The van der Waals surface area contributed by atoms with Crippen molar-refractivity contribution in [2.75, 3.05) is 6.61 Å². The molecule has 0 bridgehead atoms. The van der Waals surface area contributed by atoms with Gasteiger partial charge in [0.1, 0.15) is 6.04 Å². The van der Waals surface area contributed by atoms with E-state index in [1.165, 1.54) is 0 Å². The van der Waals surface area contributed by atoms with E-state index in [4.69, 9.17) is 4.74 Å². The van der Waals surface area contributed by atoms with Crippen molar-refractivity contribution >= 4 is 44.2 Å². The van der Waals surface area contributed by atoms with E-state index in [-0.39, 0.29) is 12.5 Å². The lowest BCUT2D eigenvalue weighted by Crippen LogP contribution is -2.39. The summed E-state index contributed by atoms with van der Waals surface area (Å²) in [6.07, 6.45) is 0. The Morgan fingerprint density at radius 3 is 2.23 bits per heavy atom. The first-order valence-electron chi connectivity index (χ1n) is 8.74. The molecule has 0 radical (unpaired) electrons. The van der Waals surface area contributed by atoms with Crippen LogP contribution in [0.5, 0.6) is 0 Å². The van der Waals surface area contributed by atoms with E-state index < -0.39 is 12.0 Å². The number of carbonyl (C=O) groups is 2. The molecule has 1 N–H and O–H groups in total. The SMILES string of the molecule is CCOC(=O)C(C)NC(=O)c1ccc2ccc3cccc4ccc1c2c34. The number of benzene rings is 4. The summed E-state index contributed by atoms with van der Waals surface area (Å²) < 4.78 is 4.97. The topological polar surface area (TPSA) is 55.4 Å². The van der Waals surface area contributed by atoms with E-state index in [0.717, 1.165) is 32.3 Å². The lowest BCUT2D eigenvalue weighted by Gasteiger charge is -2.16. The molecule has 1 amide bonds. The smallest absolute Gasteiger partial charge is 0.328 e. The zero-order chi connectivity index (χ0) is 18.3. The van der Waals surface area contributed by atoms with Crippen LogP contribution in [0.4, 0.5) is 0 Å². The second-order valence-corrected chi connectivity index (χ2v) is 6.42. The molecular weight excluding hydrogens is 326 g/mol. The van der Waals surface area contributed by atoms with Crippen LogP contribution in [-0.4, -0.2) is 24.5 Å². The molecule has 1 unspecified atom stereocenters. The Labute approximate surface area is 151 Å². The number of nitrogens with one attached hydrogen (secondary N) is 1. The van der Waals surface area contributed by atoms with Gasteiger partial charge in [-0.05, 0) is 52.2 Å². The van der Waals surface area contributed by atoms with Crippen molar-refractivity contribution in [3.63, 3.8) is 0 Å². The van der Waals surface area contributed by atoms with Gasteiger partial charge in [0.25, 0.3) is 5.91 Å². The van der Waals surface area contributed by atoms with E-state index >= 15 is 0 Å². The summed E-state index contributed by atoms with van der Waals surface area (Å²) >= 11 is 0. The molecule has 0 spiro atoms. The van der Waals surface area contributed by atoms with Gasteiger partial charge in [-0.3, -0.25) is 4.79 Å². The summed E-state index contributed by atoms with van der Waals surface area (Å²) in [6.45, 7) is 3.66. The Bertz CT molecular complexity index is 1120. The first-order valence-corrected chi connectivity index (χ1v) is 8.74. The molecule has 0 saturated carbocycles. The van der Waals surface area contributed by atoms with Crippen molar-refractivity contribution in [1.82, 2.24) is 5.32 Å². The van der Waals surface area contributed by atoms with Crippen LogP contribution in [0.2, 0.25) is 0 Å². The van der Waals surface area contributed by atoms with Crippen LogP contribution in [0, 0.1) is 0 Å². The number of rotatable bonds is 4. The van der Waals surface area contributed by atoms with Crippen molar-refractivity contribution < 1.29 is 14.3 Å². The quantitative estimate of drug-likeness (QED) is 0.444. The van der Waals surface area contributed by atoms with Crippen LogP contribution in [0.1, 0.15) is 24.2 Å². The number of hydrogen-bond donors (Lipinski definition) is 1. The molecule has 0 aliphatic rings. The zero-order valence-corrected chi connectivity index (χ0v) is 14.7. The van der Waals surface area contributed by atoms with E-state index in [1.807, 2.05) is 30.3 Å². The number of amides is 1. The van der Waals surface area contributed by atoms with Crippen molar-refractivity contribution in [3.05, 3.63) is 60.2 Å². The lowest BCUT2D eigenvalue weighted by molar-refractivity contribution is -0.144. The molecule has 4 rings (SSSR count). The van der Waals surface area contributed by atoms with Gasteiger partial charge in [-0.25, -0.2) is 4.79 Å². The molecular formula is C22H19NO3. The maximum Gasteiger partial charge on any atom is 0.328 e. The molecule has 4 aromatic carbocycles. The summed E-state index contributed by atoms with van der Waals surface area (Å²) in [5, 5.41) is 9.27. The molecule has 0 aromatic heterocycles. The van der Waals surface area contributed by atoms with Crippen LogP contribution in [0.3, 0.4) is 0 Å². The van der Waals surface area contributed by atoms with Gasteiger partial charge in [0, 0.05) is 5.56 Å². The normalized spacial score (nSPS) is 12.5. The Morgan fingerprint density at radius 2 is 1.54 bits per heavy atom. The lowest BCUT2D eigenvalue weighted by atomic mass is 9.92. The maximum absolute atomic E-state index is 12.8. The van der Waals surface area contributed by atoms with Crippen molar-refractivity contribution in [1.29, 1.82) is 0 Å². The molecule has 0 fully saturated rings. The van der Waals surface area contributed by atoms with Gasteiger partial charge in [0.2, 0.25) is 0 Å². The maximum atomic E-state index is 12.8. The number of hydrogen-bond acceptors (Lipinski definition) is 3. The monoisotopic (exact) mass is 345 g/mol. The minimum Gasteiger partial charge on any atom is -0.464 e. The van der Waals surface area contributed by atoms with E-state index in [2.05, 4.69) is 29.6 Å². The standard InChI is InChI=1S/C22H19NO3/c1-3-26-22(25)13(2)23-21(24)18-12-10-16-8-7-14-5-4-6-15-9-11-17(18)20(16)19(14)15/h4-13H,3H2,1-2H3,(H,23,24). The average Bonchev–Trinajstić information content (AvgIpc) is 2.66. The van der Waals surface area contributed by atoms with Crippen molar-refractivity contribution in [2.24, 2.45) is 0 Å². The highest BCUT2D eigenvalue weighted by Gasteiger charge is 2.20. The summed E-state index contributed by atoms with van der Waals surface area (Å²) in [5.74, 6) is -0.706. The van der Waals surface area contributed by atoms with Crippen molar-refractivity contribution in [2.45, 2.75) is 19.9 Å². The molecule has 0 aliphatic heterocycles. The third kappa shape index (κ3) is 2.54. The van der Waals surface area contributed by atoms with E-state index in [1.54, 1.807) is 13.8 Å². The second-order valence-electron chi connectivity index (χ2n) is 6.42. The predicted octanol–water partition coefficient (Wildman–Crippen LogP) is 4.27. The van der Waals surface area contributed by atoms with Gasteiger partial charge in [-0.15, -0.1) is 0 Å². The third-order valence-electron chi connectivity index (χ3n) is 4.76. The summed E-state index contributed by atoms with van der Waals surface area (Å²) in [6, 6.07) is 17.5. The number of esters is 1. The average molecular weight is 345 g/mol. The minimum absolute atomic E-state index is 0.275. The van der Waals surface area contributed by atoms with Crippen LogP contribution >= 0.6 is 0 Å². The fraction of sp³-hybridized carbons (Fsp3) is 0.182. The largest absolute Gasteiger partial charge is 0.464 e. The molecule has 130 valence electrons. The van der Waals surface area contributed by atoms with Crippen LogP contribution in [0.15, 0.2) is 54.6 Å². The first-order chi connectivity index (χ1) is 12.6. The molecule has 26 heavy (non-hydrogen) atoms. The highest BCUT2D eigenvalue weighted by atomic mass is 16.5. The molecule has 4 aromatic rings. The molecule has 0 heterocycles. The Kier molecular flexibility index (Phi) is 3.96. The number of carbonyl (C=O) groups excluding carboxylic acids is 2. The van der Waals surface area contributed by atoms with Gasteiger partial charge in [0.15, 0.2) is 0 Å². The van der Waals surface area contributed by atoms with E-state index in [0.29, 0.717) is 5.56 Å². The molecule has 4 nitrogen and oxygen atoms in total. The highest BCUT2D eigenvalue weighted by molar-refractivity contribution is 6.26. The molecule has 4 heteroatoms. The summed E-state index contributed by atoms with van der Waals surface area (Å²) in [4.78, 5) is 24.6. The van der Waals surface area contributed by atoms with E-state index in [9.17, 15) is 9.59 Å². The van der Waals surface area contributed by atoms with Gasteiger partial charge in [-0.1, -0.05) is 48.5 Å². The molecule has 0 aliphatic carbocycles. The van der Waals surface area contributed by atoms with Gasteiger partial charge in [-0.2, -0.15) is 0 Å². The van der Waals surface area contributed by atoms with Gasteiger partial charge >= 0.3 is 5.97 Å². The second kappa shape index (κ2) is 6.30. The fourth-order valence-electron chi connectivity index (χ4n) is 3.53. The fourth-order valence-corrected chi connectivity index (χ4v) is 3.53. The molecule has 1 atom stereocenters. The van der Waals surface area contributed by atoms with Crippen molar-refractivity contribution in [3.8, 4) is 0 Å². The van der Waals surface area contributed by atoms with Gasteiger partial charge < -0.3 is 10.1 Å². The summed E-state index contributed by atoms with van der Waals surface area (Å²) in [7, 11) is 0. The summed E-state index contributed by atoms with van der Waals surface area (Å²) in [5.41, 5.74) is 0.562. The van der Waals surface area contributed by atoms with Crippen LogP contribution in [0.25, 0.3) is 32.3 Å². The minimum atomic E-state index is -0.694. The Balaban J connectivity index is 1.83. The zero-order valence-electron chi connectivity index (χ0n) is 14.7. The van der Waals surface area contributed by atoms with Gasteiger partial charge in [0.05, 0.1) is 6.61 Å². The first kappa shape index (κ1) is 16.3. The van der Waals surface area contributed by atoms with Crippen LogP contribution in [-0.2, 0) is 9.53 Å². The Morgan fingerprint density at radius 1 is 0.923 bits per heavy atom. The molecule has 0 saturated heterocycles. The Hall–Kier alpha value is -3.14.